The van der Waals surface area contributed by atoms with Gasteiger partial charge in [-0.05, 0) is 44.8 Å². The van der Waals surface area contributed by atoms with Crippen molar-refractivity contribution in [3.63, 3.8) is 0 Å². The fraction of sp³-hybridized carbons (Fsp3) is 0.250. The molecule has 1 heterocycles. The zero-order valence-corrected chi connectivity index (χ0v) is 20.8. The Hall–Kier alpha value is -3.86. The number of thioether (sulfide) groups is 1. The summed E-state index contributed by atoms with van der Waals surface area (Å²) in [6, 6.07) is 11.5. The monoisotopic (exact) mass is 499 g/mol. The largest absolute Gasteiger partial charge is 0.493 e. The Morgan fingerprint density at radius 2 is 1.86 bits per heavy atom. The molecule has 0 aliphatic carbocycles. The number of amides is 2. The molecule has 0 atom stereocenters. The number of urea groups is 1. The molecule has 2 N–H and O–H groups in total. The number of carbonyl (C=O) groups is 1. The number of aromatic nitrogens is 1. The average molecular weight is 500 g/mol. The van der Waals surface area contributed by atoms with Gasteiger partial charge in [0.2, 0.25) is 0 Å². The Bertz CT molecular complexity index is 1250. The third-order valence-corrected chi connectivity index (χ3v) is 5.84. The highest BCUT2D eigenvalue weighted by Crippen LogP contribution is 2.38. The quantitative estimate of drug-likeness (QED) is 0.222. The van der Waals surface area contributed by atoms with E-state index in [0.29, 0.717) is 27.9 Å². The summed E-state index contributed by atoms with van der Waals surface area (Å²) < 4.78 is 29.6. The average Bonchev–Trinajstić information content (AvgIpc) is 3.30. The highest BCUT2D eigenvalue weighted by Gasteiger charge is 2.25. The Labute approximate surface area is 206 Å². The first-order valence-electron chi connectivity index (χ1n) is 10.4. The second-order valence-corrected chi connectivity index (χ2v) is 8.73. The van der Waals surface area contributed by atoms with Gasteiger partial charge in [0.25, 0.3) is 0 Å². The maximum Gasteiger partial charge on any atom is 0.324 e. The van der Waals surface area contributed by atoms with Crippen molar-refractivity contribution in [2.75, 3.05) is 31.9 Å². The first-order valence-corrected chi connectivity index (χ1v) is 11.2. The van der Waals surface area contributed by atoms with Gasteiger partial charge < -0.3 is 19.3 Å². The molecule has 2 aromatic carbocycles. The number of hydrogen-bond acceptors (Lipinski definition) is 8. The number of hydrogen-bond donors (Lipinski definition) is 2. The SMILES string of the molecule is C=Nc1cc(OC)c(OC)cc1C(=NC)Sc1cccc(NC(=O)Nc2cc(C(C)(C)F)on2)c1. The summed E-state index contributed by atoms with van der Waals surface area (Å²) in [6.07, 6.45) is 0. The minimum atomic E-state index is -1.71. The first kappa shape index (κ1) is 25.8. The molecule has 11 heteroatoms. The third kappa shape index (κ3) is 6.38. The number of rotatable bonds is 8. The van der Waals surface area contributed by atoms with E-state index in [-0.39, 0.29) is 11.6 Å². The molecule has 35 heavy (non-hydrogen) atoms. The van der Waals surface area contributed by atoms with Gasteiger partial charge in [0.05, 0.1) is 19.9 Å². The van der Waals surface area contributed by atoms with Gasteiger partial charge in [-0.15, -0.1) is 0 Å². The van der Waals surface area contributed by atoms with Crippen molar-refractivity contribution in [3.05, 3.63) is 53.8 Å². The molecule has 0 unspecified atom stereocenters. The van der Waals surface area contributed by atoms with Gasteiger partial charge in [-0.2, -0.15) is 0 Å². The molecule has 3 rings (SSSR count). The van der Waals surface area contributed by atoms with Crippen molar-refractivity contribution >= 4 is 46.7 Å². The Kier molecular flexibility index (Phi) is 8.13. The molecule has 0 spiro atoms. The van der Waals surface area contributed by atoms with E-state index < -0.39 is 11.7 Å². The number of benzene rings is 2. The zero-order chi connectivity index (χ0) is 25.6. The van der Waals surface area contributed by atoms with Crippen LogP contribution in [0, 0.1) is 0 Å². The molecule has 0 radical (unpaired) electrons. The lowest BCUT2D eigenvalue weighted by Crippen LogP contribution is -2.19. The Morgan fingerprint density at radius 1 is 1.14 bits per heavy atom. The zero-order valence-electron chi connectivity index (χ0n) is 20.0. The molecule has 184 valence electrons. The summed E-state index contributed by atoms with van der Waals surface area (Å²) in [5, 5.41) is 9.58. The van der Waals surface area contributed by atoms with Crippen LogP contribution >= 0.6 is 11.8 Å². The minimum Gasteiger partial charge on any atom is -0.493 e. The van der Waals surface area contributed by atoms with E-state index in [9.17, 15) is 9.18 Å². The number of nitrogens with one attached hydrogen (secondary N) is 2. The van der Waals surface area contributed by atoms with Crippen LogP contribution in [0.25, 0.3) is 0 Å². The predicted octanol–water partition coefficient (Wildman–Crippen LogP) is 6.04. The lowest BCUT2D eigenvalue weighted by Gasteiger charge is -2.14. The summed E-state index contributed by atoms with van der Waals surface area (Å²) >= 11 is 1.38. The highest BCUT2D eigenvalue weighted by molar-refractivity contribution is 8.14. The molecular formula is C24H26FN5O4S. The van der Waals surface area contributed by atoms with E-state index in [4.69, 9.17) is 14.0 Å². The van der Waals surface area contributed by atoms with Crippen LogP contribution < -0.4 is 20.1 Å². The number of ether oxygens (including phenoxy) is 2. The molecule has 0 aliphatic heterocycles. The van der Waals surface area contributed by atoms with E-state index in [1.54, 1.807) is 51.6 Å². The fourth-order valence-corrected chi connectivity index (χ4v) is 3.95. The maximum atomic E-state index is 14.0. The standard InChI is InChI=1S/C24H26FN5O4S/c1-24(2,25)20-13-21(30-34-20)29-23(31)28-14-8-7-9-15(10-14)35-22(27-4)16-11-18(32-5)19(33-6)12-17(16)26-3/h7-13H,3H2,1-2,4-6H3,(H2,28,29,30,31). The van der Waals surface area contributed by atoms with Gasteiger partial charge >= 0.3 is 6.03 Å². The van der Waals surface area contributed by atoms with Crippen molar-refractivity contribution in [1.29, 1.82) is 0 Å². The van der Waals surface area contributed by atoms with Crippen molar-refractivity contribution in [2.45, 2.75) is 24.4 Å². The van der Waals surface area contributed by atoms with Gasteiger partial charge in [-0.25, -0.2) is 9.18 Å². The van der Waals surface area contributed by atoms with Crippen LogP contribution in [-0.2, 0) is 5.67 Å². The van der Waals surface area contributed by atoms with E-state index in [1.165, 1.54) is 31.7 Å². The van der Waals surface area contributed by atoms with Gasteiger partial charge in [-0.1, -0.05) is 23.0 Å². The summed E-state index contributed by atoms with van der Waals surface area (Å²) in [4.78, 5) is 21.7. The van der Waals surface area contributed by atoms with Crippen LogP contribution in [0.5, 0.6) is 11.5 Å². The molecule has 0 saturated heterocycles. The van der Waals surface area contributed by atoms with Crippen LogP contribution in [0.15, 0.2) is 61.9 Å². The van der Waals surface area contributed by atoms with Gasteiger partial charge in [0.15, 0.2) is 28.7 Å². The smallest absolute Gasteiger partial charge is 0.324 e. The molecule has 0 aliphatic rings. The second kappa shape index (κ2) is 11.0. The van der Waals surface area contributed by atoms with Crippen LogP contribution in [0.3, 0.4) is 0 Å². The van der Waals surface area contributed by atoms with E-state index in [1.807, 2.05) is 6.07 Å². The lowest BCUT2D eigenvalue weighted by atomic mass is 10.1. The molecule has 3 aromatic rings. The Balaban J connectivity index is 1.76. The van der Waals surface area contributed by atoms with Gasteiger partial charge in [0, 0.05) is 35.3 Å². The number of nitrogens with zero attached hydrogens (tertiary/aromatic N) is 3. The van der Waals surface area contributed by atoms with E-state index in [2.05, 4.69) is 32.5 Å². The number of carbonyl (C=O) groups excluding carboxylic acids is 1. The van der Waals surface area contributed by atoms with E-state index >= 15 is 0 Å². The van der Waals surface area contributed by atoms with Crippen molar-refractivity contribution in [2.24, 2.45) is 9.98 Å². The molecule has 9 nitrogen and oxygen atoms in total. The van der Waals surface area contributed by atoms with Gasteiger partial charge in [0.1, 0.15) is 5.04 Å². The van der Waals surface area contributed by atoms with Crippen molar-refractivity contribution in [3.8, 4) is 11.5 Å². The highest BCUT2D eigenvalue weighted by atomic mass is 32.2. The molecule has 1 aromatic heterocycles. The number of anilines is 2. The minimum absolute atomic E-state index is 0.0149. The number of alkyl halides is 1. The second-order valence-electron chi connectivity index (χ2n) is 7.67. The van der Waals surface area contributed by atoms with Crippen LogP contribution in [-0.4, -0.2) is 44.2 Å². The number of aliphatic imine (C=N–C) groups is 2. The molecule has 0 saturated carbocycles. The number of halogens is 1. The summed E-state index contributed by atoms with van der Waals surface area (Å²) in [5.74, 6) is 1.19. The fourth-order valence-electron chi connectivity index (χ4n) is 3.03. The molecule has 0 bridgehead atoms. The lowest BCUT2D eigenvalue weighted by molar-refractivity contribution is 0.163. The molecular weight excluding hydrogens is 473 g/mol. The summed E-state index contributed by atoms with van der Waals surface area (Å²) in [5.41, 5.74) is 0.140. The normalized spacial score (nSPS) is 11.7. The topological polar surface area (TPSA) is 110 Å². The van der Waals surface area contributed by atoms with E-state index in [0.717, 1.165) is 10.5 Å². The maximum absolute atomic E-state index is 14.0. The third-order valence-electron chi connectivity index (χ3n) is 4.75. The van der Waals surface area contributed by atoms with Crippen LogP contribution in [0.2, 0.25) is 0 Å². The Morgan fingerprint density at radius 3 is 2.46 bits per heavy atom. The van der Waals surface area contributed by atoms with Gasteiger partial charge in [-0.3, -0.25) is 15.3 Å². The van der Waals surface area contributed by atoms with Crippen LogP contribution in [0.1, 0.15) is 25.2 Å². The first-order chi connectivity index (χ1) is 16.7. The summed E-state index contributed by atoms with van der Waals surface area (Å²) in [6.45, 7) is 6.32. The predicted molar refractivity (Wildman–Crippen MR) is 137 cm³/mol. The number of methoxy groups -OCH3 is 2. The summed E-state index contributed by atoms with van der Waals surface area (Å²) in [7, 11) is 4.77. The van der Waals surface area contributed by atoms with Crippen molar-refractivity contribution in [1.82, 2.24) is 5.16 Å². The van der Waals surface area contributed by atoms with Crippen molar-refractivity contribution < 1.29 is 23.2 Å². The van der Waals surface area contributed by atoms with Crippen LogP contribution in [0.4, 0.5) is 26.4 Å². The molecule has 0 fully saturated rings. The molecule has 2 amide bonds.